The minimum absolute atomic E-state index is 0.0521. The lowest BCUT2D eigenvalue weighted by molar-refractivity contribution is 0.0696. The number of carbonyl (C=O) groups is 2. The second kappa shape index (κ2) is 8.44. The molecule has 2 rings (SSSR count). The van der Waals surface area contributed by atoms with Gasteiger partial charge in [-0.2, -0.15) is 0 Å². The summed E-state index contributed by atoms with van der Waals surface area (Å²) in [7, 11) is 0. The largest absolute Gasteiger partial charge is 0.491 e. The van der Waals surface area contributed by atoms with Gasteiger partial charge in [-0.15, -0.1) is 0 Å². The van der Waals surface area contributed by atoms with E-state index in [-0.39, 0.29) is 22.7 Å². The average molecular weight is 372 g/mol. The molecule has 0 unspecified atom stereocenters. The van der Waals surface area contributed by atoms with Crippen molar-refractivity contribution < 1.29 is 19.4 Å². The second-order valence-corrected chi connectivity index (χ2v) is 6.29. The van der Waals surface area contributed by atoms with E-state index < -0.39 is 5.97 Å². The van der Waals surface area contributed by atoms with Crippen molar-refractivity contribution >= 4 is 34.9 Å². The van der Waals surface area contributed by atoms with Gasteiger partial charge >= 0.3 is 5.97 Å². The Labute approximate surface area is 157 Å². The van der Waals surface area contributed by atoms with E-state index in [1.807, 2.05) is 13.8 Å². The van der Waals surface area contributed by atoms with Gasteiger partial charge in [0.15, 0.2) is 5.11 Å². The molecule has 2 aromatic carbocycles. The Morgan fingerprint density at radius 3 is 2.35 bits per heavy atom. The molecule has 0 aliphatic heterocycles. The van der Waals surface area contributed by atoms with E-state index in [9.17, 15) is 9.59 Å². The van der Waals surface area contributed by atoms with Crippen LogP contribution in [-0.2, 0) is 0 Å². The van der Waals surface area contributed by atoms with Crippen molar-refractivity contribution in [1.82, 2.24) is 5.32 Å². The molecule has 136 valence electrons. The lowest BCUT2D eigenvalue weighted by atomic mass is 10.1. The highest BCUT2D eigenvalue weighted by Gasteiger charge is 2.13. The number of amides is 1. The van der Waals surface area contributed by atoms with Gasteiger partial charge in [-0.3, -0.25) is 10.1 Å². The Bertz CT molecular complexity index is 832. The number of carbonyl (C=O) groups excluding carboxylic acids is 1. The van der Waals surface area contributed by atoms with Gasteiger partial charge in [0.05, 0.1) is 11.7 Å². The maximum Gasteiger partial charge on any atom is 0.336 e. The fourth-order valence-corrected chi connectivity index (χ4v) is 2.49. The maximum atomic E-state index is 12.3. The van der Waals surface area contributed by atoms with E-state index in [4.69, 9.17) is 22.1 Å². The molecule has 0 radical (unpaired) electrons. The van der Waals surface area contributed by atoms with Crippen LogP contribution in [0.15, 0.2) is 42.5 Å². The van der Waals surface area contributed by atoms with E-state index in [2.05, 4.69) is 10.6 Å². The van der Waals surface area contributed by atoms with Gasteiger partial charge in [0.1, 0.15) is 5.75 Å². The summed E-state index contributed by atoms with van der Waals surface area (Å²) in [6, 6.07) is 11.5. The van der Waals surface area contributed by atoms with E-state index in [1.54, 1.807) is 43.3 Å². The minimum Gasteiger partial charge on any atom is -0.491 e. The molecule has 0 bridgehead atoms. The molecule has 0 heterocycles. The summed E-state index contributed by atoms with van der Waals surface area (Å²) < 4.78 is 5.53. The molecule has 7 heteroatoms. The van der Waals surface area contributed by atoms with Gasteiger partial charge < -0.3 is 15.2 Å². The molecule has 26 heavy (non-hydrogen) atoms. The number of carboxylic acid groups (broad SMARTS) is 1. The highest BCUT2D eigenvalue weighted by molar-refractivity contribution is 7.80. The van der Waals surface area contributed by atoms with Crippen molar-refractivity contribution in [3.63, 3.8) is 0 Å². The first-order chi connectivity index (χ1) is 12.3. The average Bonchev–Trinajstić information content (AvgIpc) is 2.56. The molecule has 0 fully saturated rings. The van der Waals surface area contributed by atoms with Crippen LogP contribution in [0.4, 0.5) is 5.69 Å². The number of thiocarbonyl (C=S) groups is 1. The van der Waals surface area contributed by atoms with E-state index in [0.717, 1.165) is 0 Å². The zero-order valence-electron chi connectivity index (χ0n) is 14.7. The van der Waals surface area contributed by atoms with Gasteiger partial charge in [0.2, 0.25) is 0 Å². The number of anilines is 1. The lowest BCUT2D eigenvalue weighted by Crippen LogP contribution is -2.34. The van der Waals surface area contributed by atoms with Crippen molar-refractivity contribution in [1.29, 1.82) is 0 Å². The first-order valence-corrected chi connectivity index (χ1v) is 8.40. The predicted molar refractivity (Wildman–Crippen MR) is 104 cm³/mol. The van der Waals surface area contributed by atoms with Crippen molar-refractivity contribution in [2.45, 2.75) is 26.9 Å². The van der Waals surface area contributed by atoms with Gasteiger partial charge in [-0.05, 0) is 75.0 Å². The number of benzene rings is 2. The summed E-state index contributed by atoms with van der Waals surface area (Å²) in [5, 5.41) is 14.7. The van der Waals surface area contributed by atoms with Crippen LogP contribution < -0.4 is 15.4 Å². The second-order valence-electron chi connectivity index (χ2n) is 5.88. The monoisotopic (exact) mass is 372 g/mol. The van der Waals surface area contributed by atoms with Gasteiger partial charge in [-0.25, -0.2) is 4.79 Å². The molecule has 0 atom stereocenters. The predicted octanol–water partition coefficient (Wildman–Crippen LogP) is 3.61. The number of ether oxygens (including phenoxy) is 1. The molecule has 0 aliphatic carbocycles. The third-order valence-electron chi connectivity index (χ3n) is 3.53. The van der Waals surface area contributed by atoms with Crippen LogP contribution in [0.2, 0.25) is 0 Å². The Morgan fingerprint density at radius 1 is 1.12 bits per heavy atom. The molecular weight excluding hydrogens is 352 g/mol. The van der Waals surface area contributed by atoms with Crippen LogP contribution in [0.1, 0.15) is 40.1 Å². The maximum absolute atomic E-state index is 12.3. The summed E-state index contributed by atoms with van der Waals surface area (Å²) >= 11 is 5.15. The van der Waals surface area contributed by atoms with Crippen LogP contribution in [0.3, 0.4) is 0 Å². The van der Waals surface area contributed by atoms with E-state index in [1.165, 1.54) is 6.07 Å². The number of hydrogen-bond acceptors (Lipinski definition) is 4. The number of hydrogen-bond donors (Lipinski definition) is 3. The van der Waals surface area contributed by atoms with Crippen LogP contribution in [0.5, 0.6) is 5.75 Å². The Balaban J connectivity index is 2.02. The molecule has 6 nitrogen and oxygen atoms in total. The molecule has 2 aromatic rings. The first kappa shape index (κ1) is 19.4. The highest BCUT2D eigenvalue weighted by atomic mass is 32.1. The van der Waals surface area contributed by atoms with Crippen molar-refractivity contribution in [3.05, 3.63) is 59.2 Å². The van der Waals surface area contributed by atoms with Gasteiger partial charge in [0, 0.05) is 11.3 Å². The van der Waals surface area contributed by atoms with Crippen LogP contribution in [0, 0.1) is 6.92 Å². The van der Waals surface area contributed by atoms with Gasteiger partial charge in [0.25, 0.3) is 5.91 Å². The minimum atomic E-state index is -1.02. The standard InChI is InChI=1S/C19H20N2O4S/c1-11(2)25-14-9-7-13(8-10-14)17(22)21-19(26)20-16-6-4-5-15(12(16)3)18(23)24/h4-11H,1-3H3,(H,23,24)(H2,20,21,22,26). The number of nitrogens with one attached hydrogen (secondary N) is 2. The molecule has 0 saturated carbocycles. The summed E-state index contributed by atoms with van der Waals surface area (Å²) in [6.45, 7) is 5.52. The fraction of sp³-hybridized carbons (Fsp3) is 0.211. The summed E-state index contributed by atoms with van der Waals surface area (Å²) in [5.74, 6) is -0.714. The van der Waals surface area contributed by atoms with Crippen LogP contribution in [-0.4, -0.2) is 28.2 Å². The quantitative estimate of drug-likeness (QED) is 0.695. The third kappa shape index (κ3) is 5.03. The first-order valence-electron chi connectivity index (χ1n) is 8.00. The molecule has 1 amide bonds. The number of rotatable bonds is 5. The summed E-state index contributed by atoms with van der Waals surface area (Å²) in [6.07, 6.45) is 0.0521. The fourth-order valence-electron chi connectivity index (χ4n) is 2.29. The molecule has 0 saturated heterocycles. The smallest absolute Gasteiger partial charge is 0.336 e. The molecular formula is C19H20N2O4S. The van der Waals surface area contributed by atoms with Crippen molar-refractivity contribution in [3.8, 4) is 5.75 Å². The van der Waals surface area contributed by atoms with E-state index in [0.29, 0.717) is 22.6 Å². The topological polar surface area (TPSA) is 87.7 Å². The van der Waals surface area contributed by atoms with Crippen molar-refractivity contribution in [2.24, 2.45) is 0 Å². The SMILES string of the molecule is Cc1c(NC(=S)NC(=O)c2ccc(OC(C)C)cc2)cccc1C(=O)O. The normalized spacial score (nSPS) is 10.3. The lowest BCUT2D eigenvalue weighted by Gasteiger charge is -2.13. The zero-order valence-corrected chi connectivity index (χ0v) is 15.5. The molecule has 0 aliphatic rings. The Kier molecular flexibility index (Phi) is 6.30. The van der Waals surface area contributed by atoms with E-state index >= 15 is 0 Å². The van der Waals surface area contributed by atoms with Crippen molar-refractivity contribution in [2.75, 3.05) is 5.32 Å². The van der Waals surface area contributed by atoms with Crippen LogP contribution >= 0.6 is 12.2 Å². The van der Waals surface area contributed by atoms with Gasteiger partial charge in [-0.1, -0.05) is 6.07 Å². The Morgan fingerprint density at radius 2 is 1.77 bits per heavy atom. The number of aromatic carboxylic acids is 1. The molecule has 3 N–H and O–H groups in total. The summed E-state index contributed by atoms with van der Waals surface area (Å²) in [5.41, 5.74) is 1.66. The third-order valence-corrected chi connectivity index (χ3v) is 3.73. The summed E-state index contributed by atoms with van der Waals surface area (Å²) in [4.78, 5) is 23.4. The van der Waals surface area contributed by atoms with Crippen LogP contribution in [0.25, 0.3) is 0 Å². The highest BCUT2D eigenvalue weighted by Crippen LogP contribution is 2.19. The Hall–Kier alpha value is -2.93. The number of carboxylic acids is 1. The zero-order chi connectivity index (χ0) is 19.3. The molecule has 0 spiro atoms. The molecule has 0 aromatic heterocycles.